The summed E-state index contributed by atoms with van der Waals surface area (Å²) in [6.45, 7) is 3.76. The molecule has 0 bridgehead atoms. The van der Waals surface area contributed by atoms with Crippen molar-refractivity contribution in [3.8, 4) is 0 Å². The molecule has 0 aromatic rings. The van der Waals surface area contributed by atoms with Gasteiger partial charge in [0.2, 0.25) is 0 Å². The van der Waals surface area contributed by atoms with E-state index < -0.39 is 29.9 Å². The average Bonchev–Trinajstić information content (AvgIpc) is 2.47. The Morgan fingerprint density at radius 2 is 1.73 bits per heavy atom. The van der Waals surface area contributed by atoms with Crippen molar-refractivity contribution in [1.82, 2.24) is 0 Å². The molecule has 0 spiro atoms. The molecule has 0 amide bonds. The van der Waals surface area contributed by atoms with Gasteiger partial charge in [-0.3, -0.25) is 0 Å². The summed E-state index contributed by atoms with van der Waals surface area (Å²) < 4.78 is 78.3. The minimum absolute atomic E-state index is 0.210. The van der Waals surface area contributed by atoms with E-state index in [0.717, 1.165) is 6.42 Å². The average molecular weight is 328 g/mol. The fourth-order valence-corrected chi connectivity index (χ4v) is 3.37. The summed E-state index contributed by atoms with van der Waals surface area (Å²) >= 11 is 0. The standard InChI is InChI=1S/C15H21F5O2/c1-2-11-7-3-5-9-13(11,14(16,17)15(18,19)20)22-12-8-4-6-10-21-12/h2,11-12H,1,3-10H2. The third-order valence-electron chi connectivity index (χ3n) is 4.56. The van der Waals surface area contributed by atoms with E-state index >= 15 is 0 Å². The van der Waals surface area contributed by atoms with Gasteiger partial charge in [0.05, 0.1) is 0 Å². The lowest BCUT2D eigenvalue weighted by Gasteiger charge is -2.49. The van der Waals surface area contributed by atoms with Crippen LogP contribution in [0.1, 0.15) is 44.9 Å². The lowest BCUT2D eigenvalue weighted by atomic mass is 9.71. The van der Waals surface area contributed by atoms with Crippen LogP contribution >= 0.6 is 0 Å². The zero-order chi connectivity index (χ0) is 16.4. The number of hydrogen-bond donors (Lipinski definition) is 0. The topological polar surface area (TPSA) is 18.5 Å². The maximum absolute atomic E-state index is 14.3. The lowest BCUT2D eigenvalue weighted by molar-refractivity contribution is -0.386. The zero-order valence-corrected chi connectivity index (χ0v) is 12.3. The molecule has 1 saturated heterocycles. The van der Waals surface area contributed by atoms with Gasteiger partial charge in [-0.05, 0) is 32.1 Å². The first kappa shape index (κ1) is 17.7. The van der Waals surface area contributed by atoms with E-state index in [1.165, 1.54) is 6.08 Å². The molecule has 2 fully saturated rings. The number of halogens is 5. The highest BCUT2D eigenvalue weighted by Gasteiger charge is 2.73. The van der Waals surface area contributed by atoms with Crippen LogP contribution in [-0.4, -0.2) is 30.6 Å². The Bertz CT molecular complexity index is 390. The van der Waals surface area contributed by atoms with Crippen LogP contribution in [-0.2, 0) is 9.47 Å². The number of ether oxygens (including phenoxy) is 2. The normalized spacial score (nSPS) is 34.4. The first-order chi connectivity index (χ1) is 10.2. The van der Waals surface area contributed by atoms with Crippen LogP contribution in [0.3, 0.4) is 0 Å². The Morgan fingerprint density at radius 1 is 1.05 bits per heavy atom. The van der Waals surface area contributed by atoms with Crippen LogP contribution in [0.4, 0.5) is 22.0 Å². The van der Waals surface area contributed by atoms with Crippen LogP contribution < -0.4 is 0 Å². The number of hydrogen-bond acceptors (Lipinski definition) is 2. The van der Waals surface area contributed by atoms with Crippen LogP contribution in [0.25, 0.3) is 0 Å². The van der Waals surface area contributed by atoms with Crippen molar-refractivity contribution in [3.63, 3.8) is 0 Å². The highest BCUT2D eigenvalue weighted by atomic mass is 19.4. The first-order valence-electron chi connectivity index (χ1n) is 7.61. The fraction of sp³-hybridized carbons (Fsp3) is 0.867. The van der Waals surface area contributed by atoms with Crippen LogP contribution in [0.2, 0.25) is 0 Å². The molecule has 7 heteroatoms. The van der Waals surface area contributed by atoms with Crippen molar-refractivity contribution >= 4 is 0 Å². The summed E-state index contributed by atoms with van der Waals surface area (Å²) in [4.78, 5) is 0. The second-order valence-electron chi connectivity index (χ2n) is 5.96. The van der Waals surface area contributed by atoms with Crippen molar-refractivity contribution in [2.75, 3.05) is 6.61 Å². The van der Waals surface area contributed by atoms with Crippen LogP contribution in [0.5, 0.6) is 0 Å². The number of rotatable bonds is 4. The summed E-state index contributed by atoms with van der Waals surface area (Å²) in [5, 5.41) is 0. The third kappa shape index (κ3) is 3.02. The van der Waals surface area contributed by atoms with Gasteiger partial charge < -0.3 is 9.47 Å². The summed E-state index contributed by atoms with van der Waals surface area (Å²) in [5.41, 5.74) is -2.62. The van der Waals surface area contributed by atoms with Gasteiger partial charge in [0.1, 0.15) is 0 Å². The molecular weight excluding hydrogens is 307 g/mol. The van der Waals surface area contributed by atoms with Gasteiger partial charge in [0.15, 0.2) is 11.9 Å². The molecule has 0 aromatic carbocycles. The van der Waals surface area contributed by atoms with E-state index in [1.807, 2.05) is 0 Å². The monoisotopic (exact) mass is 328 g/mol. The Labute approximate surface area is 126 Å². The van der Waals surface area contributed by atoms with E-state index in [-0.39, 0.29) is 19.3 Å². The van der Waals surface area contributed by atoms with Crippen molar-refractivity contribution in [1.29, 1.82) is 0 Å². The molecule has 2 nitrogen and oxygen atoms in total. The molecule has 3 atom stereocenters. The summed E-state index contributed by atoms with van der Waals surface area (Å²) in [6.07, 6.45) is -3.02. The van der Waals surface area contributed by atoms with Gasteiger partial charge in [0, 0.05) is 12.5 Å². The predicted octanol–water partition coefficient (Wildman–Crippen LogP) is 4.84. The van der Waals surface area contributed by atoms with Crippen molar-refractivity contribution in [2.24, 2.45) is 5.92 Å². The molecule has 1 heterocycles. The second-order valence-corrected chi connectivity index (χ2v) is 5.96. The van der Waals surface area contributed by atoms with E-state index in [2.05, 4.69) is 6.58 Å². The van der Waals surface area contributed by atoms with Gasteiger partial charge in [0.25, 0.3) is 0 Å². The van der Waals surface area contributed by atoms with Crippen molar-refractivity contribution in [3.05, 3.63) is 12.7 Å². The molecule has 0 aromatic heterocycles. The Morgan fingerprint density at radius 3 is 2.27 bits per heavy atom. The molecule has 1 aliphatic carbocycles. The van der Waals surface area contributed by atoms with Gasteiger partial charge in [-0.1, -0.05) is 18.9 Å². The maximum atomic E-state index is 14.3. The van der Waals surface area contributed by atoms with E-state index in [9.17, 15) is 22.0 Å². The van der Waals surface area contributed by atoms with Gasteiger partial charge in [-0.2, -0.15) is 22.0 Å². The molecule has 22 heavy (non-hydrogen) atoms. The minimum atomic E-state index is -5.67. The fourth-order valence-electron chi connectivity index (χ4n) is 3.37. The highest BCUT2D eigenvalue weighted by molar-refractivity contribution is 5.10. The van der Waals surface area contributed by atoms with Gasteiger partial charge in [-0.15, -0.1) is 6.58 Å². The molecule has 128 valence electrons. The molecular formula is C15H21F5O2. The number of alkyl halides is 5. The Kier molecular flexibility index (Phi) is 5.16. The zero-order valence-electron chi connectivity index (χ0n) is 12.3. The van der Waals surface area contributed by atoms with Crippen molar-refractivity contribution < 1.29 is 31.4 Å². The molecule has 1 aliphatic heterocycles. The minimum Gasteiger partial charge on any atom is -0.353 e. The second kappa shape index (κ2) is 6.43. The molecule has 0 N–H and O–H groups in total. The molecule has 2 rings (SSSR count). The summed E-state index contributed by atoms with van der Waals surface area (Å²) in [7, 11) is 0. The predicted molar refractivity (Wildman–Crippen MR) is 70.6 cm³/mol. The Balaban J connectivity index is 2.36. The van der Waals surface area contributed by atoms with Gasteiger partial charge in [-0.25, -0.2) is 0 Å². The maximum Gasteiger partial charge on any atom is 0.456 e. The lowest BCUT2D eigenvalue weighted by Crippen LogP contribution is -2.64. The highest BCUT2D eigenvalue weighted by Crippen LogP contribution is 2.55. The van der Waals surface area contributed by atoms with Crippen molar-refractivity contribution in [2.45, 2.75) is 68.9 Å². The molecule has 0 radical (unpaired) electrons. The third-order valence-corrected chi connectivity index (χ3v) is 4.56. The molecule has 3 unspecified atom stereocenters. The van der Waals surface area contributed by atoms with E-state index in [4.69, 9.17) is 9.47 Å². The quantitative estimate of drug-likeness (QED) is 0.543. The molecule has 2 aliphatic rings. The van der Waals surface area contributed by atoms with Gasteiger partial charge >= 0.3 is 12.1 Å². The summed E-state index contributed by atoms with van der Waals surface area (Å²) in [6, 6.07) is 0. The smallest absolute Gasteiger partial charge is 0.353 e. The van der Waals surface area contributed by atoms with Crippen LogP contribution in [0, 0.1) is 5.92 Å². The summed E-state index contributed by atoms with van der Waals surface area (Å²) in [5.74, 6) is -6.00. The van der Waals surface area contributed by atoms with Crippen LogP contribution in [0.15, 0.2) is 12.7 Å². The largest absolute Gasteiger partial charge is 0.456 e. The van der Waals surface area contributed by atoms with E-state index in [0.29, 0.717) is 25.9 Å². The molecule has 1 saturated carbocycles. The first-order valence-corrected chi connectivity index (χ1v) is 7.61. The Hall–Kier alpha value is -0.690. The van der Waals surface area contributed by atoms with E-state index in [1.54, 1.807) is 0 Å². The SMILES string of the molecule is C=CC1CCCCC1(OC1CCCCO1)C(F)(F)C(F)(F)F.